The van der Waals surface area contributed by atoms with Crippen molar-refractivity contribution in [3.8, 4) is 0 Å². The first-order chi connectivity index (χ1) is 18.0. The Hall–Kier alpha value is -2.94. The zero-order chi connectivity index (χ0) is 27.5. The molecule has 0 aromatic heterocycles. The van der Waals surface area contributed by atoms with Crippen LogP contribution in [0.25, 0.3) is 0 Å². The molecule has 2 aromatic rings. The standard InChI is InChI=1S/C29H34F4N2O3/c1-2-20-9-10-21(24(31)16-20)19-34-14-12-28(13-15-34,27(37)38)18-26(36)35(25-8-4-3-7-23(25)30)22-6-5-11-29(32,33)17-22/h3-4,7-10,16,22H,2,5-6,11-15,17-19H2,1H3,(H,37,38). The largest absolute Gasteiger partial charge is 0.481 e. The molecule has 2 fully saturated rings. The molecule has 1 saturated heterocycles. The van der Waals surface area contributed by atoms with Crippen LogP contribution in [0.5, 0.6) is 0 Å². The number of para-hydroxylation sites is 1. The summed E-state index contributed by atoms with van der Waals surface area (Å²) in [5.74, 6) is -5.82. The molecule has 1 unspecified atom stereocenters. The van der Waals surface area contributed by atoms with Crippen LogP contribution >= 0.6 is 0 Å². The van der Waals surface area contributed by atoms with E-state index >= 15 is 0 Å². The number of amides is 1. The van der Waals surface area contributed by atoms with E-state index in [1.54, 1.807) is 6.07 Å². The quantitative estimate of drug-likeness (QED) is 0.410. The smallest absolute Gasteiger partial charge is 0.310 e. The summed E-state index contributed by atoms with van der Waals surface area (Å²) in [4.78, 5) is 29.1. The third kappa shape index (κ3) is 6.20. The summed E-state index contributed by atoms with van der Waals surface area (Å²) in [5, 5.41) is 10.2. The Morgan fingerprint density at radius 1 is 1.05 bits per heavy atom. The van der Waals surface area contributed by atoms with Crippen LogP contribution in [0, 0.1) is 17.0 Å². The molecular weight excluding hydrogens is 500 g/mol. The van der Waals surface area contributed by atoms with Crippen molar-refractivity contribution in [3.05, 3.63) is 65.2 Å². The monoisotopic (exact) mass is 534 g/mol. The number of carboxylic acid groups (broad SMARTS) is 1. The van der Waals surface area contributed by atoms with Gasteiger partial charge in [0.25, 0.3) is 0 Å². The second kappa shape index (κ2) is 11.4. The van der Waals surface area contributed by atoms with Gasteiger partial charge in [-0.15, -0.1) is 0 Å². The van der Waals surface area contributed by atoms with E-state index in [2.05, 4.69) is 0 Å². The van der Waals surface area contributed by atoms with Crippen LogP contribution < -0.4 is 4.90 Å². The molecule has 5 nitrogen and oxygen atoms in total. The molecule has 9 heteroatoms. The van der Waals surface area contributed by atoms with Crippen molar-refractivity contribution in [2.24, 2.45) is 5.41 Å². The number of alkyl halides is 2. The highest BCUT2D eigenvalue weighted by Crippen LogP contribution is 2.41. The van der Waals surface area contributed by atoms with Gasteiger partial charge >= 0.3 is 5.97 Å². The van der Waals surface area contributed by atoms with E-state index in [0.29, 0.717) is 25.2 Å². The highest BCUT2D eigenvalue weighted by atomic mass is 19.3. The number of piperidine rings is 1. The van der Waals surface area contributed by atoms with Crippen LogP contribution in [0.2, 0.25) is 0 Å². The number of benzene rings is 2. The number of aryl methyl sites for hydroxylation is 1. The maximum atomic E-state index is 14.8. The van der Waals surface area contributed by atoms with E-state index in [1.807, 2.05) is 17.9 Å². The molecule has 0 bridgehead atoms. The zero-order valence-corrected chi connectivity index (χ0v) is 21.6. The van der Waals surface area contributed by atoms with Gasteiger partial charge in [-0.05, 0) is 69.0 Å². The SMILES string of the molecule is CCc1ccc(CN2CCC(CC(=O)N(c3ccccc3F)C3CCCC(F)(F)C3)(C(=O)O)CC2)c(F)c1. The van der Waals surface area contributed by atoms with Crippen molar-refractivity contribution in [2.75, 3.05) is 18.0 Å². The minimum atomic E-state index is -2.98. The number of likely N-dealkylation sites (tertiary alicyclic amines) is 1. The van der Waals surface area contributed by atoms with Crippen LogP contribution in [0.4, 0.5) is 23.2 Å². The molecule has 1 atom stereocenters. The predicted molar refractivity (Wildman–Crippen MR) is 136 cm³/mol. The molecule has 0 spiro atoms. The molecular formula is C29H34F4N2O3. The Labute approximate surface area is 220 Å². The van der Waals surface area contributed by atoms with E-state index in [4.69, 9.17) is 0 Å². The third-order valence-electron chi connectivity index (χ3n) is 8.04. The minimum absolute atomic E-state index is 0.107. The molecule has 1 N–H and O–H groups in total. The van der Waals surface area contributed by atoms with E-state index < -0.39 is 47.9 Å². The molecule has 1 aliphatic carbocycles. The maximum Gasteiger partial charge on any atom is 0.310 e. The summed E-state index contributed by atoms with van der Waals surface area (Å²) >= 11 is 0. The topological polar surface area (TPSA) is 60.9 Å². The average molecular weight is 535 g/mol. The van der Waals surface area contributed by atoms with Gasteiger partial charge in [-0.1, -0.05) is 31.2 Å². The van der Waals surface area contributed by atoms with Crippen LogP contribution in [-0.2, 0) is 22.6 Å². The first kappa shape index (κ1) is 28.1. The zero-order valence-electron chi connectivity index (χ0n) is 21.6. The number of aliphatic carboxylic acids is 1. The molecule has 2 aromatic carbocycles. The van der Waals surface area contributed by atoms with E-state index in [1.165, 1.54) is 24.3 Å². The summed E-state index contributed by atoms with van der Waals surface area (Å²) < 4.78 is 57.9. The van der Waals surface area contributed by atoms with Gasteiger partial charge in [-0.3, -0.25) is 14.5 Å². The van der Waals surface area contributed by atoms with Gasteiger partial charge in [0.15, 0.2) is 0 Å². The van der Waals surface area contributed by atoms with Crippen molar-refractivity contribution >= 4 is 17.6 Å². The van der Waals surface area contributed by atoms with Crippen LogP contribution in [0.3, 0.4) is 0 Å². The van der Waals surface area contributed by atoms with Crippen molar-refractivity contribution in [1.82, 2.24) is 4.90 Å². The fraction of sp³-hybridized carbons (Fsp3) is 0.517. The predicted octanol–water partition coefficient (Wildman–Crippen LogP) is 6.20. The van der Waals surface area contributed by atoms with Gasteiger partial charge in [-0.25, -0.2) is 17.6 Å². The number of nitrogens with zero attached hydrogens (tertiary/aromatic N) is 2. The number of halogens is 4. The van der Waals surface area contributed by atoms with Crippen molar-refractivity contribution < 1.29 is 32.3 Å². The Kier molecular flexibility index (Phi) is 8.45. The van der Waals surface area contributed by atoms with Crippen LogP contribution in [-0.4, -0.2) is 46.9 Å². The fourth-order valence-corrected chi connectivity index (χ4v) is 5.71. The first-order valence-corrected chi connectivity index (χ1v) is 13.2. The lowest BCUT2D eigenvalue weighted by atomic mass is 9.75. The number of carboxylic acids is 1. The fourth-order valence-electron chi connectivity index (χ4n) is 5.71. The van der Waals surface area contributed by atoms with E-state index in [0.717, 1.165) is 23.0 Å². The summed E-state index contributed by atoms with van der Waals surface area (Å²) in [5.41, 5.74) is -0.114. The molecule has 38 heavy (non-hydrogen) atoms. The summed E-state index contributed by atoms with van der Waals surface area (Å²) in [6.45, 7) is 2.92. The highest BCUT2D eigenvalue weighted by Gasteiger charge is 2.47. The number of anilines is 1. The maximum absolute atomic E-state index is 14.8. The third-order valence-corrected chi connectivity index (χ3v) is 8.04. The van der Waals surface area contributed by atoms with Gasteiger partial charge in [-0.2, -0.15) is 0 Å². The van der Waals surface area contributed by atoms with Crippen molar-refractivity contribution in [2.45, 2.75) is 76.8 Å². The molecule has 1 heterocycles. The number of carbonyl (C=O) groups is 2. The molecule has 1 aliphatic heterocycles. The molecule has 4 rings (SSSR count). The molecule has 0 radical (unpaired) electrons. The van der Waals surface area contributed by atoms with Gasteiger partial charge in [0.1, 0.15) is 11.6 Å². The van der Waals surface area contributed by atoms with Gasteiger partial charge in [0.05, 0.1) is 11.1 Å². The lowest BCUT2D eigenvalue weighted by Crippen LogP contribution is -2.51. The van der Waals surface area contributed by atoms with Gasteiger partial charge in [0, 0.05) is 37.4 Å². The minimum Gasteiger partial charge on any atom is -0.481 e. The second-order valence-corrected chi connectivity index (χ2v) is 10.6. The van der Waals surface area contributed by atoms with Crippen LogP contribution in [0.1, 0.15) is 63.0 Å². The lowest BCUT2D eigenvalue weighted by Gasteiger charge is -2.42. The summed E-state index contributed by atoms with van der Waals surface area (Å²) in [6.07, 6.45) is 0.146. The van der Waals surface area contributed by atoms with E-state index in [9.17, 15) is 32.3 Å². The first-order valence-electron chi connectivity index (χ1n) is 13.2. The number of hydrogen-bond acceptors (Lipinski definition) is 3. The summed E-state index contributed by atoms with van der Waals surface area (Å²) in [7, 11) is 0. The van der Waals surface area contributed by atoms with E-state index in [-0.39, 0.29) is 43.6 Å². The van der Waals surface area contributed by atoms with Gasteiger partial charge in [0.2, 0.25) is 11.8 Å². The lowest BCUT2D eigenvalue weighted by molar-refractivity contribution is -0.155. The Morgan fingerprint density at radius 3 is 2.37 bits per heavy atom. The van der Waals surface area contributed by atoms with Crippen molar-refractivity contribution in [1.29, 1.82) is 0 Å². The molecule has 2 aliphatic rings. The Morgan fingerprint density at radius 2 is 1.76 bits per heavy atom. The normalized spacial score (nSPS) is 21.1. The summed E-state index contributed by atoms with van der Waals surface area (Å²) in [6, 6.07) is 9.69. The Balaban J connectivity index is 1.51. The molecule has 1 amide bonds. The molecule has 1 saturated carbocycles. The number of hydrogen-bond donors (Lipinski definition) is 1. The van der Waals surface area contributed by atoms with Crippen molar-refractivity contribution in [3.63, 3.8) is 0 Å². The van der Waals surface area contributed by atoms with Gasteiger partial charge < -0.3 is 10.0 Å². The molecule has 206 valence electrons. The average Bonchev–Trinajstić information content (AvgIpc) is 2.87. The second-order valence-electron chi connectivity index (χ2n) is 10.6. The Bertz CT molecular complexity index is 1160. The highest BCUT2D eigenvalue weighted by molar-refractivity contribution is 5.97. The van der Waals surface area contributed by atoms with Crippen LogP contribution in [0.15, 0.2) is 42.5 Å². The number of carbonyl (C=O) groups excluding carboxylic acids is 1. The number of rotatable bonds is 8.